The molecule has 0 spiro atoms. The smallest absolute Gasteiger partial charge is 0.0245 e. The highest BCUT2D eigenvalue weighted by molar-refractivity contribution is 5.36. The van der Waals surface area contributed by atoms with E-state index in [2.05, 4.69) is 42.7 Å². The number of hydrogen-bond donors (Lipinski definition) is 0. The van der Waals surface area contributed by atoms with E-state index < -0.39 is 0 Å². The summed E-state index contributed by atoms with van der Waals surface area (Å²) in [7, 11) is 0. The van der Waals surface area contributed by atoms with Gasteiger partial charge in [0.1, 0.15) is 0 Å². The first-order valence-electron chi connectivity index (χ1n) is 7.97. The molecule has 20 heavy (non-hydrogen) atoms. The molecule has 0 aliphatic heterocycles. The third-order valence-electron chi connectivity index (χ3n) is 4.52. The second-order valence-electron chi connectivity index (χ2n) is 5.93. The van der Waals surface area contributed by atoms with Gasteiger partial charge in [-0.3, -0.25) is 0 Å². The summed E-state index contributed by atoms with van der Waals surface area (Å²) in [6.45, 7) is 5.70. The van der Waals surface area contributed by atoms with E-state index in [1.54, 1.807) is 0 Å². The monoisotopic (exact) mass is 266 g/mol. The van der Waals surface area contributed by atoms with Crippen LogP contribution in [0.2, 0.25) is 0 Å². The number of hydrogen-bond acceptors (Lipinski definition) is 0. The summed E-state index contributed by atoms with van der Waals surface area (Å²) in [6, 6.07) is 8.90. The van der Waals surface area contributed by atoms with E-state index in [0.717, 1.165) is 17.4 Å². The van der Waals surface area contributed by atoms with Crippen molar-refractivity contribution in [3.8, 4) is 11.8 Å². The Morgan fingerprint density at radius 2 is 1.85 bits per heavy atom. The molecule has 2 rings (SSSR count). The third kappa shape index (κ3) is 4.27. The summed E-state index contributed by atoms with van der Waals surface area (Å²) in [6.07, 6.45) is 11.5. The Morgan fingerprint density at radius 1 is 1.15 bits per heavy atom. The van der Waals surface area contributed by atoms with Crippen LogP contribution in [0.5, 0.6) is 0 Å². The standard InChI is InChI=1S/C20H26/c1-3-5-6-8-18-11-15-20(16-12-18)19-13-9-17(7-4-2)10-14-19/h3,9-10,13-14,18,20H,1,5-6,8,11-12,15-16H2,2H3. The van der Waals surface area contributed by atoms with Gasteiger partial charge in [-0.2, -0.15) is 0 Å². The maximum absolute atomic E-state index is 3.81. The van der Waals surface area contributed by atoms with Gasteiger partial charge in [0.25, 0.3) is 0 Å². The van der Waals surface area contributed by atoms with Crippen LogP contribution >= 0.6 is 0 Å². The minimum absolute atomic E-state index is 0.772. The van der Waals surface area contributed by atoms with Gasteiger partial charge in [-0.05, 0) is 75.0 Å². The zero-order valence-electron chi connectivity index (χ0n) is 12.7. The van der Waals surface area contributed by atoms with Crippen molar-refractivity contribution in [2.75, 3.05) is 0 Å². The number of allylic oxidation sites excluding steroid dienone is 1. The predicted octanol–water partition coefficient (Wildman–Crippen LogP) is 5.69. The Bertz CT molecular complexity index is 461. The topological polar surface area (TPSA) is 0 Å². The van der Waals surface area contributed by atoms with E-state index in [1.807, 2.05) is 13.0 Å². The minimum atomic E-state index is 0.772. The molecule has 1 aromatic carbocycles. The summed E-state index contributed by atoms with van der Waals surface area (Å²) in [5, 5.41) is 0. The van der Waals surface area contributed by atoms with E-state index in [-0.39, 0.29) is 0 Å². The third-order valence-corrected chi connectivity index (χ3v) is 4.52. The molecule has 1 saturated carbocycles. The highest BCUT2D eigenvalue weighted by Gasteiger charge is 2.21. The fraction of sp³-hybridized carbons (Fsp3) is 0.500. The van der Waals surface area contributed by atoms with Gasteiger partial charge in [0, 0.05) is 5.56 Å². The summed E-state index contributed by atoms with van der Waals surface area (Å²) in [4.78, 5) is 0. The maximum atomic E-state index is 3.81. The van der Waals surface area contributed by atoms with Crippen LogP contribution in [-0.4, -0.2) is 0 Å². The zero-order valence-corrected chi connectivity index (χ0v) is 12.7. The molecule has 0 unspecified atom stereocenters. The molecule has 0 nitrogen and oxygen atoms in total. The van der Waals surface area contributed by atoms with Crippen molar-refractivity contribution >= 4 is 0 Å². The quantitative estimate of drug-likeness (QED) is 0.365. The van der Waals surface area contributed by atoms with Crippen LogP contribution in [0.25, 0.3) is 0 Å². The van der Waals surface area contributed by atoms with Gasteiger partial charge in [-0.15, -0.1) is 12.5 Å². The molecule has 0 heterocycles. The summed E-state index contributed by atoms with van der Waals surface area (Å²) >= 11 is 0. The molecule has 0 aromatic heterocycles. The molecule has 0 radical (unpaired) electrons. The number of benzene rings is 1. The normalized spacial score (nSPS) is 21.9. The average molecular weight is 266 g/mol. The van der Waals surface area contributed by atoms with Gasteiger partial charge in [0.15, 0.2) is 0 Å². The summed E-state index contributed by atoms with van der Waals surface area (Å²) in [5.74, 6) is 7.80. The van der Waals surface area contributed by atoms with Gasteiger partial charge in [0.05, 0.1) is 0 Å². The van der Waals surface area contributed by atoms with Crippen LogP contribution in [0, 0.1) is 17.8 Å². The Hall–Kier alpha value is -1.48. The molecule has 106 valence electrons. The highest BCUT2D eigenvalue weighted by atomic mass is 14.3. The molecule has 0 amide bonds. The fourth-order valence-corrected chi connectivity index (χ4v) is 3.32. The van der Waals surface area contributed by atoms with Crippen LogP contribution in [0.4, 0.5) is 0 Å². The van der Waals surface area contributed by atoms with E-state index >= 15 is 0 Å². The van der Waals surface area contributed by atoms with E-state index in [9.17, 15) is 0 Å². The van der Waals surface area contributed by atoms with Crippen LogP contribution in [0.1, 0.15) is 68.9 Å². The van der Waals surface area contributed by atoms with Gasteiger partial charge >= 0.3 is 0 Å². The largest absolute Gasteiger partial charge is 0.103 e. The Morgan fingerprint density at radius 3 is 2.45 bits per heavy atom. The maximum Gasteiger partial charge on any atom is 0.0245 e. The first-order valence-corrected chi connectivity index (χ1v) is 7.97. The number of unbranched alkanes of at least 4 members (excludes halogenated alkanes) is 1. The van der Waals surface area contributed by atoms with Crippen molar-refractivity contribution in [2.24, 2.45) is 5.92 Å². The molecule has 1 aliphatic carbocycles. The summed E-state index contributed by atoms with van der Waals surface area (Å²) < 4.78 is 0. The molecule has 1 fully saturated rings. The molecular formula is C20H26. The SMILES string of the molecule is C=CCCCC1CCC(c2ccc(C#CC)cc2)CC1. The van der Waals surface area contributed by atoms with Crippen molar-refractivity contribution in [1.29, 1.82) is 0 Å². The first kappa shape index (κ1) is 14.9. The summed E-state index contributed by atoms with van der Waals surface area (Å²) in [5.41, 5.74) is 2.64. The molecule has 1 aliphatic rings. The minimum Gasteiger partial charge on any atom is -0.103 e. The van der Waals surface area contributed by atoms with Crippen LogP contribution in [-0.2, 0) is 0 Å². The lowest BCUT2D eigenvalue weighted by molar-refractivity contribution is 0.305. The molecule has 0 heteroatoms. The second-order valence-corrected chi connectivity index (χ2v) is 5.93. The van der Waals surface area contributed by atoms with Crippen molar-refractivity contribution in [3.05, 3.63) is 48.0 Å². The molecule has 1 aromatic rings. The lowest BCUT2D eigenvalue weighted by atomic mass is 9.77. The molecule has 0 bridgehead atoms. The predicted molar refractivity (Wildman–Crippen MR) is 87.7 cm³/mol. The van der Waals surface area contributed by atoms with Gasteiger partial charge in [-0.1, -0.05) is 30.6 Å². The van der Waals surface area contributed by atoms with E-state index in [1.165, 1.54) is 50.5 Å². The Kier molecular flexibility index (Phi) is 5.93. The lowest BCUT2D eigenvalue weighted by Gasteiger charge is -2.28. The van der Waals surface area contributed by atoms with Crippen molar-refractivity contribution in [2.45, 2.75) is 57.8 Å². The van der Waals surface area contributed by atoms with Crippen LogP contribution < -0.4 is 0 Å². The van der Waals surface area contributed by atoms with Crippen molar-refractivity contribution < 1.29 is 0 Å². The van der Waals surface area contributed by atoms with Crippen molar-refractivity contribution in [3.63, 3.8) is 0 Å². The fourth-order valence-electron chi connectivity index (χ4n) is 3.32. The Balaban J connectivity index is 1.83. The van der Waals surface area contributed by atoms with Gasteiger partial charge in [-0.25, -0.2) is 0 Å². The average Bonchev–Trinajstić information content (AvgIpc) is 2.49. The van der Waals surface area contributed by atoms with Crippen LogP contribution in [0.15, 0.2) is 36.9 Å². The first-order chi connectivity index (χ1) is 9.83. The molecular weight excluding hydrogens is 240 g/mol. The van der Waals surface area contributed by atoms with E-state index in [0.29, 0.717) is 0 Å². The second kappa shape index (κ2) is 7.95. The number of rotatable bonds is 5. The Labute approximate surface area is 124 Å². The van der Waals surface area contributed by atoms with Crippen LogP contribution in [0.3, 0.4) is 0 Å². The molecule has 0 N–H and O–H groups in total. The zero-order chi connectivity index (χ0) is 14.2. The lowest BCUT2D eigenvalue weighted by Crippen LogP contribution is -2.13. The van der Waals surface area contributed by atoms with Crippen molar-refractivity contribution in [1.82, 2.24) is 0 Å². The highest BCUT2D eigenvalue weighted by Crippen LogP contribution is 2.37. The van der Waals surface area contributed by atoms with Gasteiger partial charge in [0.2, 0.25) is 0 Å². The molecule has 0 atom stereocenters. The van der Waals surface area contributed by atoms with Gasteiger partial charge < -0.3 is 0 Å². The van der Waals surface area contributed by atoms with E-state index in [4.69, 9.17) is 0 Å². The molecule has 0 saturated heterocycles.